The molecule has 1 fully saturated rings. The number of hydrogen-bond acceptors (Lipinski definition) is 2. The lowest BCUT2D eigenvalue weighted by Gasteiger charge is -2.36. The summed E-state index contributed by atoms with van der Waals surface area (Å²) in [6.45, 7) is 1.71. The molecule has 1 aliphatic heterocycles. The molecule has 29 heavy (non-hydrogen) atoms. The molecule has 2 N–H and O–H groups in total. The Morgan fingerprint density at radius 1 is 1.17 bits per heavy atom. The Balaban J connectivity index is 1.75. The van der Waals surface area contributed by atoms with E-state index in [1.807, 2.05) is 0 Å². The number of halogens is 3. The van der Waals surface area contributed by atoms with Crippen LogP contribution in [0.3, 0.4) is 0 Å². The highest BCUT2D eigenvalue weighted by atomic mass is 35.5. The highest BCUT2D eigenvalue weighted by Gasteiger charge is 2.42. The summed E-state index contributed by atoms with van der Waals surface area (Å²) in [5.41, 5.74) is 1.50. The van der Waals surface area contributed by atoms with Gasteiger partial charge in [0, 0.05) is 28.5 Å². The Morgan fingerprint density at radius 3 is 2.55 bits per heavy atom. The van der Waals surface area contributed by atoms with E-state index < -0.39 is 23.6 Å². The van der Waals surface area contributed by atoms with Crippen molar-refractivity contribution in [3.8, 4) is 0 Å². The van der Waals surface area contributed by atoms with Crippen LogP contribution in [0, 0.1) is 11.6 Å². The number of amides is 3. The van der Waals surface area contributed by atoms with Crippen molar-refractivity contribution in [2.45, 2.75) is 31.8 Å². The second-order valence-corrected chi connectivity index (χ2v) is 7.49. The van der Waals surface area contributed by atoms with Crippen molar-refractivity contribution in [2.75, 3.05) is 5.32 Å². The van der Waals surface area contributed by atoms with Gasteiger partial charge in [0.15, 0.2) is 11.6 Å². The van der Waals surface area contributed by atoms with Gasteiger partial charge in [0.05, 0.1) is 11.6 Å². The number of benzene rings is 2. The van der Waals surface area contributed by atoms with Crippen LogP contribution in [-0.4, -0.2) is 22.9 Å². The fourth-order valence-corrected chi connectivity index (χ4v) is 3.78. The second-order valence-electron chi connectivity index (χ2n) is 7.09. The number of rotatable bonds is 4. The standard InChI is InChI=1S/C21H18ClF2N3O2/c1-11-18(20(28)25-12-6-9-16(23)17(24)10-12)19(14-4-2-3-5-15(14)22)26-21(29)27(11)13-7-8-13/h2-6,9-10,13,19H,7-8H2,1H3,(H,25,28)(H,26,29)/t19-/m0/s1. The summed E-state index contributed by atoms with van der Waals surface area (Å²) in [7, 11) is 0. The fourth-order valence-electron chi connectivity index (χ4n) is 3.54. The minimum Gasteiger partial charge on any atom is -0.326 e. The monoisotopic (exact) mass is 417 g/mol. The van der Waals surface area contributed by atoms with E-state index in [0.29, 0.717) is 21.9 Å². The van der Waals surface area contributed by atoms with Gasteiger partial charge in [0.2, 0.25) is 0 Å². The van der Waals surface area contributed by atoms with Gasteiger partial charge < -0.3 is 10.6 Å². The molecule has 8 heteroatoms. The molecule has 0 spiro atoms. The Bertz CT molecular complexity index is 1040. The van der Waals surface area contributed by atoms with Crippen molar-refractivity contribution in [1.29, 1.82) is 0 Å². The highest BCUT2D eigenvalue weighted by Crippen LogP contribution is 2.39. The third-order valence-corrected chi connectivity index (χ3v) is 5.42. The Hall–Kier alpha value is -2.93. The van der Waals surface area contributed by atoms with Crippen molar-refractivity contribution in [2.24, 2.45) is 0 Å². The normalized spacial score (nSPS) is 19.2. The van der Waals surface area contributed by atoms with Gasteiger partial charge in [0.25, 0.3) is 5.91 Å². The summed E-state index contributed by atoms with van der Waals surface area (Å²) in [6, 6.07) is 9.05. The SMILES string of the molecule is CC1=C(C(=O)Nc2ccc(F)c(F)c2)[C@H](c2ccccc2Cl)NC(=O)N1C1CC1. The van der Waals surface area contributed by atoms with Crippen LogP contribution in [0.5, 0.6) is 0 Å². The van der Waals surface area contributed by atoms with E-state index in [1.165, 1.54) is 6.07 Å². The third kappa shape index (κ3) is 3.70. The molecule has 0 radical (unpaired) electrons. The van der Waals surface area contributed by atoms with Crippen LogP contribution in [0.4, 0.5) is 19.3 Å². The largest absolute Gasteiger partial charge is 0.326 e. The van der Waals surface area contributed by atoms with Crippen LogP contribution >= 0.6 is 11.6 Å². The highest BCUT2D eigenvalue weighted by molar-refractivity contribution is 6.31. The number of nitrogens with zero attached hydrogens (tertiary/aromatic N) is 1. The average molecular weight is 418 g/mol. The summed E-state index contributed by atoms with van der Waals surface area (Å²) in [5.74, 6) is -2.59. The molecule has 0 unspecified atom stereocenters. The number of anilines is 1. The smallest absolute Gasteiger partial charge is 0.322 e. The molecule has 2 aromatic carbocycles. The molecule has 1 atom stereocenters. The molecule has 0 saturated heterocycles. The van der Waals surface area contributed by atoms with Gasteiger partial charge in [-0.25, -0.2) is 13.6 Å². The number of carbonyl (C=O) groups is 2. The van der Waals surface area contributed by atoms with Crippen LogP contribution in [-0.2, 0) is 4.79 Å². The number of urea groups is 1. The van der Waals surface area contributed by atoms with E-state index in [9.17, 15) is 18.4 Å². The van der Waals surface area contributed by atoms with Crippen molar-refractivity contribution in [3.63, 3.8) is 0 Å². The Morgan fingerprint density at radius 2 is 1.90 bits per heavy atom. The van der Waals surface area contributed by atoms with Crippen LogP contribution in [0.2, 0.25) is 5.02 Å². The maximum Gasteiger partial charge on any atom is 0.322 e. The number of allylic oxidation sites excluding steroid dienone is 1. The molecule has 5 nitrogen and oxygen atoms in total. The van der Waals surface area contributed by atoms with E-state index >= 15 is 0 Å². The lowest BCUT2D eigenvalue weighted by atomic mass is 9.94. The Labute approximate surface area is 171 Å². The summed E-state index contributed by atoms with van der Waals surface area (Å²) in [5, 5.41) is 5.87. The van der Waals surface area contributed by atoms with E-state index in [0.717, 1.165) is 25.0 Å². The molecule has 1 heterocycles. The minimum atomic E-state index is -1.06. The zero-order valence-corrected chi connectivity index (χ0v) is 16.3. The van der Waals surface area contributed by atoms with E-state index in [1.54, 1.807) is 36.1 Å². The minimum absolute atomic E-state index is 0.0493. The molecule has 2 aliphatic rings. The molecule has 150 valence electrons. The van der Waals surface area contributed by atoms with Gasteiger partial charge in [-0.05, 0) is 43.5 Å². The van der Waals surface area contributed by atoms with Crippen LogP contribution in [0.1, 0.15) is 31.4 Å². The molecular formula is C21H18ClF2N3O2. The first-order chi connectivity index (χ1) is 13.9. The topological polar surface area (TPSA) is 61.4 Å². The van der Waals surface area contributed by atoms with Crippen molar-refractivity contribution in [1.82, 2.24) is 10.2 Å². The zero-order valence-electron chi connectivity index (χ0n) is 15.5. The van der Waals surface area contributed by atoms with Gasteiger partial charge in [-0.2, -0.15) is 0 Å². The molecule has 4 rings (SSSR count). The van der Waals surface area contributed by atoms with Crippen molar-refractivity contribution >= 4 is 29.2 Å². The lowest BCUT2D eigenvalue weighted by Crippen LogP contribution is -2.49. The molecule has 2 aromatic rings. The predicted octanol–water partition coefficient (Wildman–Crippen LogP) is 4.76. The van der Waals surface area contributed by atoms with Crippen LogP contribution in [0.15, 0.2) is 53.7 Å². The van der Waals surface area contributed by atoms with Crippen LogP contribution in [0.25, 0.3) is 0 Å². The first-order valence-electron chi connectivity index (χ1n) is 9.18. The first kappa shape index (κ1) is 19.4. The van der Waals surface area contributed by atoms with E-state index in [4.69, 9.17) is 11.6 Å². The maximum absolute atomic E-state index is 13.5. The lowest BCUT2D eigenvalue weighted by molar-refractivity contribution is -0.113. The maximum atomic E-state index is 13.5. The zero-order chi connectivity index (χ0) is 20.7. The molecule has 1 saturated carbocycles. The van der Waals surface area contributed by atoms with Gasteiger partial charge in [-0.1, -0.05) is 29.8 Å². The molecule has 0 aromatic heterocycles. The fraction of sp³-hybridized carbons (Fsp3) is 0.238. The Kier molecular flexibility index (Phi) is 5.00. The molecule has 0 bridgehead atoms. The van der Waals surface area contributed by atoms with E-state index in [2.05, 4.69) is 10.6 Å². The van der Waals surface area contributed by atoms with Gasteiger partial charge in [-0.15, -0.1) is 0 Å². The summed E-state index contributed by atoms with van der Waals surface area (Å²) >= 11 is 6.32. The quantitative estimate of drug-likeness (QED) is 0.753. The number of hydrogen-bond donors (Lipinski definition) is 2. The second kappa shape index (κ2) is 7.48. The number of carbonyl (C=O) groups excluding carboxylic acids is 2. The third-order valence-electron chi connectivity index (χ3n) is 5.08. The van der Waals surface area contributed by atoms with E-state index in [-0.39, 0.29) is 17.8 Å². The molecule has 3 amide bonds. The first-order valence-corrected chi connectivity index (χ1v) is 9.56. The van der Waals surface area contributed by atoms with Crippen molar-refractivity contribution in [3.05, 3.63) is 76.0 Å². The predicted molar refractivity (Wildman–Crippen MR) is 105 cm³/mol. The van der Waals surface area contributed by atoms with Gasteiger partial charge >= 0.3 is 6.03 Å². The molecule has 1 aliphatic carbocycles. The summed E-state index contributed by atoms with van der Waals surface area (Å²) in [6.07, 6.45) is 1.72. The van der Waals surface area contributed by atoms with Gasteiger partial charge in [-0.3, -0.25) is 9.69 Å². The van der Waals surface area contributed by atoms with Gasteiger partial charge in [0.1, 0.15) is 0 Å². The average Bonchev–Trinajstić information content (AvgIpc) is 3.49. The summed E-state index contributed by atoms with van der Waals surface area (Å²) < 4.78 is 26.8. The summed E-state index contributed by atoms with van der Waals surface area (Å²) in [4.78, 5) is 27.4. The van der Waals surface area contributed by atoms with Crippen LogP contribution < -0.4 is 10.6 Å². The van der Waals surface area contributed by atoms with Crippen molar-refractivity contribution < 1.29 is 18.4 Å². The molecular weight excluding hydrogens is 400 g/mol. The number of nitrogens with one attached hydrogen (secondary N) is 2.